The molecule has 0 saturated heterocycles. The molecule has 2 rings (SSSR count). The average Bonchev–Trinajstić information content (AvgIpc) is 2.79. The molecule has 2 N–H and O–H groups in total. The lowest BCUT2D eigenvalue weighted by Gasteiger charge is -2.11. The van der Waals surface area contributed by atoms with Gasteiger partial charge in [-0.3, -0.25) is 0 Å². The molecule has 0 radical (unpaired) electrons. The van der Waals surface area contributed by atoms with Gasteiger partial charge in [0.25, 0.3) is 0 Å². The third kappa shape index (κ3) is 2.92. The quantitative estimate of drug-likeness (QED) is 0.934. The molecule has 0 aliphatic carbocycles. The molecule has 0 bridgehead atoms. The highest BCUT2D eigenvalue weighted by Gasteiger charge is 2.33. The van der Waals surface area contributed by atoms with Crippen LogP contribution in [0.25, 0.3) is 0 Å². The topological polar surface area (TPSA) is 48.1 Å². The summed E-state index contributed by atoms with van der Waals surface area (Å²) in [7, 11) is 0. The first kappa shape index (κ1) is 12.7. The summed E-state index contributed by atoms with van der Waals surface area (Å²) in [6.07, 6.45) is -3.55. The van der Waals surface area contributed by atoms with Gasteiger partial charge in [0.05, 0.1) is 11.9 Å². The first-order valence-electron chi connectivity index (χ1n) is 4.94. The Kier molecular flexibility index (Phi) is 3.42. The minimum absolute atomic E-state index is 0.00859. The van der Waals surface area contributed by atoms with Crippen molar-refractivity contribution in [2.45, 2.75) is 12.8 Å². The molecular weight excluding hydrogens is 265 g/mol. The van der Waals surface area contributed by atoms with E-state index >= 15 is 0 Å². The summed E-state index contributed by atoms with van der Waals surface area (Å²) in [5, 5.41) is 1.86. The molecule has 2 heterocycles. The Bertz CT molecular complexity index is 526. The Balaban J connectivity index is 2.16. The van der Waals surface area contributed by atoms with E-state index in [4.69, 9.17) is 10.5 Å². The maximum Gasteiger partial charge on any atom is 0.433 e. The lowest BCUT2D eigenvalue weighted by atomic mass is 10.3. The van der Waals surface area contributed by atoms with Gasteiger partial charge in [-0.25, -0.2) is 4.98 Å². The van der Waals surface area contributed by atoms with Gasteiger partial charge in [-0.1, -0.05) is 6.07 Å². The third-order valence-corrected chi connectivity index (χ3v) is 2.99. The van der Waals surface area contributed by atoms with Crippen LogP contribution in [0.3, 0.4) is 0 Å². The van der Waals surface area contributed by atoms with Crippen molar-refractivity contribution < 1.29 is 17.9 Å². The molecule has 7 heteroatoms. The first-order valence-corrected chi connectivity index (χ1v) is 5.82. The fraction of sp³-hybridized carbons (Fsp3) is 0.182. The highest BCUT2D eigenvalue weighted by molar-refractivity contribution is 7.09. The number of pyridine rings is 1. The Labute approximate surface area is 105 Å². The highest BCUT2D eigenvalue weighted by atomic mass is 32.1. The van der Waals surface area contributed by atoms with Gasteiger partial charge >= 0.3 is 6.18 Å². The summed E-state index contributed by atoms with van der Waals surface area (Å²) in [5.41, 5.74) is 4.59. The zero-order valence-corrected chi connectivity index (χ0v) is 9.89. The lowest BCUT2D eigenvalue weighted by molar-refractivity contribution is -0.141. The van der Waals surface area contributed by atoms with Crippen LogP contribution < -0.4 is 10.5 Å². The van der Waals surface area contributed by atoms with Gasteiger partial charge in [0.15, 0.2) is 0 Å². The Hall–Kier alpha value is -1.76. The molecule has 0 amide bonds. The van der Waals surface area contributed by atoms with E-state index < -0.39 is 11.9 Å². The van der Waals surface area contributed by atoms with Crippen LogP contribution in [0.2, 0.25) is 0 Å². The van der Waals surface area contributed by atoms with Crippen LogP contribution in [0.5, 0.6) is 5.75 Å². The summed E-state index contributed by atoms with van der Waals surface area (Å²) in [4.78, 5) is 4.13. The largest absolute Gasteiger partial charge is 0.486 e. The van der Waals surface area contributed by atoms with Crippen molar-refractivity contribution >= 4 is 17.0 Å². The van der Waals surface area contributed by atoms with E-state index in [-0.39, 0.29) is 18.0 Å². The molecule has 0 saturated carbocycles. The van der Waals surface area contributed by atoms with Crippen LogP contribution in [-0.2, 0) is 12.8 Å². The molecule has 96 valence electrons. The summed E-state index contributed by atoms with van der Waals surface area (Å²) in [6.45, 7) is 0.184. The predicted molar refractivity (Wildman–Crippen MR) is 62.3 cm³/mol. The number of ether oxygens (including phenoxy) is 1. The molecule has 0 aromatic carbocycles. The van der Waals surface area contributed by atoms with Crippen molar-refractivity contribution in [3.05, 3.63) is 40.3 Å². The Morgan fingerprint density at radius 3 is 2.78 bits per heavy atom. The van der Waals surface area contributed by atoms with Gasteiger partial charge in [-0.2, -0.15) is 13.2 Å². The zero-order chi connectivity index (χ0) is 13.2. The van der Waals surface area contributed by atoms with Crippen LogP contribution in [-0.4, -0.2) is 4.98 Å². The molecule has 0 spiro atoms. The summed E-state index contributed by atoms with van der Waals surface area (Å²) >= 11 is 1.45. The highest BCUT2D eigenvalue weighted by Crippen LogP contribution is 2.32. The molecule has 0 aliphatic heterocycles. The summed E-state index contributed by atoms with van der Waals surface area (Å²) < 4.78 is 42.6. The maximum atomic E-state index is 12.5. The number of nitrogen functional groups attached to an aromatic ring is 1. The zero-order valence-electron chi connectivity index (χ0n) is 9.07. The fourth-order valence-corrected chi connectivity index (χ4v) is 1.89. The van der Waals surface area contributed by atoms with Crippen LogP contribution in [0, 0.1) is 0 Å². The average molecular weight is 274 g/mol. The minimum Gasteiger partial charge on any atom is -0.486 e. The van der Waals surface area contributed by atoms with E-state index in [9.17, 15) is 13.2 Å². The van der Waals surface area contributed by atoms with Crippen molar-refractivity contribution in [3.8, 4) is 5.75 Å². The number of anilines is 1. The van der Waals surface area contributed by atoms with Crippen LogP contribution in [0.15, 0.2) is 29.8 Å². The van der Waals surface area contributed by atoms with Gasteiger partial charge in [-0.05, 0) is 11.4 Å². The first-order chi connectivity index (χ1) is 8.47. The van der Waals surface area contributed by atoms with Gasteiger partial charge in [0.1, 0.15) is 18.1 Å². The normalized spacial score (nSPS) is 11.5. The molecule has 0 aliphatic rings. The fourth-order valence-electron chi connectivity index (χ4n) is 1.27. The monoisotopic (exact) mass is 274 g/mol. The van der Waals surface area contributed by atoms with Crippen molar-refractivity contribution in [1.29, 1.82) is 0 Å². The number of thiophene rings is 1. The van der Waals surface area contributed by atoms with E-state index in [1.165, 1.54) is 11.3 Å². The minimum atomic E-state index is -4.51. The van der Waals surface area contributed by atoms with Crippen molar-refractivity contribution in [3.63, 3.8) is 0 Å². The van der Waals surface area contributed by atoms with Crippen molar-refractivity contribution in [2.24, 2.45) is 0 Å². The Morgan fingerprint density at radius 1 is 1.39 bits per heavy atom. The van der Waals surface area contributed by atoms with Gasteiger partial charge in [-0.15, -0.1) is 11.3 Å². The maximum absolute atomic E-state index is 12.5. The summed E-state index contributed by atoms with van der Waals surface area (Å²) in [5.74, 6) is -0.00859. The molecule has 2 aromatic heterocycles. The molecular formula is C11H9F3N2OS. The van der Waals surface area contributed by atoms with Gasteiger partial charge in [0.2, 0.25) is 0 Å². The van der Waals surface area contributed by atoms with E-state index in [1.807, 2.05) is 17.5 Å². The number of hydrogen-bond donors (Lipinski definition) is 1. The number of rotatable bonds is 3. The second-order valence-electron chi connectivity index (χ2n) is 3.47. The predicted octanol–water partition coefficient (Wildman–Crippen LogP) is 3.32. The molecule has 0 atom stereocenters. The standard InChI is InChI=1S/C11H9F3N2OS/c12-11(13,14)10-4-9(8(15)5-16-10)17-6-7-2-1-3-18-7/h1-5H,6,15H2. The number of alkyl halides is 3. The third-order valence-electron chi connectivity index (χ3n) is 2.14. The number of halogens is 3. The van der Waals surface area contributed by atoms with Gasteiger partial charge in [0, 0.05) is 10.9 Å². The molecule has 3 nitrogen and oxygen atoms in total. The number of nitrogens with two attached hydrogens (primary N) is 1. The SMILES string of the molecule is Nc1cnc(C(F)(F)F)cc1OCc1cccs1. The second-order valence-corrected chi connectivity index (χ2v) is 4.51. The number of hydrogen-bond acceptors (Lipinski definition) is 4. The molecule has 18 heavy (non-hydrogen) atoms. The summed E-state index contributed by atoms with van der Waals surface area (Å²) in [6, 6.07) is 4.47. The smallest absolute Gasteiger partial charge is 0.433 e. The van der Waals surface area contributed by atoms with Gasteiger partial charge < -0.3 is 10.5 Å². The molecule has 0 unspecified atom stereocenters. The van der Waals surface area contributed by atoms with Crippen molar-refractivity contribution in [2.75, 3.05) is 5.73 Å². The van der Waals surface area contributed by atoms with E-state index in [2.05, 4.69) is 4.98 Å². The van der Waals surface area contributed by atoms with Crippen LogP contribution >= 0.6 is 11.3 Å². The van der Waals surface area contributed by atoms with E-state index in [0.717, 1.165) is 17.1 Å². The Morgan fingerprint density at radius 2 is 2.17 bits per heavy atom. The molecule has 0 fully saturated rings. The number of nitrogens with zero attached hydrogens (tertiary/aromatic N) is 1. The van der Waals surface area contributed by atoms with E-state index in [1.54, 1.807) is 0 Å². The number of aromatic nitrogens is 1. The van der Waals surface area contributed by atoms with E-state index in [0.29, 0.717) is 0 Å². The van der Waals surface area contributed by atoms with Crippen molar-refractivity contribution in [1.82, 2.24) is 4.98 Å². The van der Waals surface area contributed by atoms with Crippen LogP contribution in [0.4, 0.5) is 18.9 Å². The second kappa shape index (κ2) is 4.85. The molecule has 2 aromatic rings. The lowest BCUT2D eigenvalue weighted by Crippen LogP contribution is -2.09. The van der Waals surface area contributed by atoms with Crippen LogP contribution in [0.1, 0.15) is 10.6 Å².